The number of thioether (sulfide) groups is 4. The number of fused-ring (bicyclic) bond motifs is 3. The van der Waals surface area contributed by atoms with E-state index in [1.807, 2.05) is 83.4 Å². The smallest absolute Gasteiger partial charge is 0.182 e. The van der Waals surface area contributed by atoms with Gasteiger partial charge in [0.2, 0.25) is 0 Å². The van der Waals surface area contributed by atoms with E-state index in [0.29, 0.717) is 35.1 Å². The summed E-state index contributed by atoms with van der Waals surface area (Å²) in [5.41, 5.74) is 5.75. The number of carbonyl (C=O) groups is 4. The number of nitrogens with zero attached hydrogens (tertiary/aromatic N) is 4. The van der Waals surface area contributed by atoms with Gasteiger partial charge in [-0.05, 0) is 114 Å². The summed E-state index contributed by atoms with van der Waals surface area (Å²) in [6.45, 7) is 23.6. The lowest BCUT2D eigenvalue weighted by Crippen LogP contribution is -2.53. The van der Waals surface area contributed by atoms with Crippen LogP contribution in [-0.2, 0) is 18.3 Å². The molecule has 0 aromatic heterocycles. The van der Waals surface area contributed by atoms with E-state index in [0.717, 1.165) is 132 Å². The summed E-state index contributed by atoms with van der Waals surface area (Å²) in [7, 11) is 0. The topological polar surface area (TPSA) is 81.2 Å². The van der Waals surface area contributed by atoms with Crippen molar-refractivity contribution < 1.29 is 19.2 Å². The molecule has 8 nitrogen and oxygen atoms in total. The molecule has 4 saturated heterocycles. The van der Waals surface area contributed by atoms with Crippen molar-refractivity contribution in [2.75, 3.05) is 98.4 Å². The van der Waals surface area contributed by atoms with Gasteiger partial charge in [-0.15, -0.1) is 0 Å². The van der Waals surface area contributed by atoms with Crippen molar-refractivity contribution in [2.24, 2.45) is 0 Å². The zero-order valence-electron chi connectivity index (χ0n) is 43.4. The van der Waals surface area contributed by atoms with E-state index in [9.17, 15) is 19.2 Å². The zero-order valence-corrected chi connectivity index (χ0v) is 46.6. The molecule has 0 atom stereocenters. The average molecular weight is 1030 g/mol. The number of ketones is 4. The van der Waals surface area contributed by atoms with Gasteiger partial charge in [0.05, 0.1) is 22.2 Å². The van der Waals surface area contributed by atoms with Gasteiger partial charge in [0.25, 0.3) is 0 Å². The van der Waals surface area contributed by atoms with Gasteiger partial charge in [0, 0.05) is 126 Å². The summed E-state index contributed by atoms with van der Waals surface area (Å²) in [4.78, 5) is 68.0. The maximum absolute atomic E-state index is 15.0. The van der Waals surface area contributed by atoms with E-state index in [-0.39, 0.29) is 23.1 Å². The minimum atomic E-state index is -0.735. The van der Waals surface area contributed by atoms with E-state index >= 15 is 0 Å². The molecule has 0 amide bonds. The van der Waals surface area contributed by atoms with E-state index in [1.54, 1.807) is 0 Å². The Labute approximate surface area is 441 Å². The molecule has 1 aliphatic carbocycles. The normalized spacial score (nSPS) is 19.8. The number of hydrogen-bond donors (Lipinski definition) is 0. The summed E-state index contributed by atoms with van der Waals surface area (Å²) in [6.07, 6.45) is 1.12. The fourth-order valence-electron chi connectivity index (χ4n) is 11.9. The molecule has 4 heterocycles. The molecular formula is C59H74N4O4S4. The second kappa shape index (κ2) is 21.2. The lowest BCUT2D eigenvalue weighted by molar-refractivity contribution is 0.0664. The van der Waals surface area contributed by atoms with Crippen molar-refractivity contribution in [1.29, 1.82) is 0 Å². The van der Waals surface area contributed by atoms with Crippen LogP contribution in [0.15, 0.2) is 84.9 Å². The molecule has 0 radical (unpaired) electrons. The predicted octanol–water partition coefficient (Wildman–Crippen LogP) is 10.5. The van der Waals surface area contributed by atoms with Crippen LogP contribution in [0, 0.1) is 0 Å². The highest BCUT2D eigenvalue weighted by molar-refractivity contribution is 8.00. The molecule has 4 aromatic carbocycles. The molecule has 0 unspecified atom stereocenters. The molecule has 4 aromatic rings. The summed E-state index contributed by atoms with van der Waals surface area (Å²) < 4.78 is 0. The third-order valence-corrected chi connectivity index (χ3v) is 20.5. The van der Waals surface area contributed by atoms with Gasteiger partial charge in [-0.3, -0.25) is 38.8 Å². The Morgan fingerprint density at radius 2 is 0.620 bits per heavy atom. The van der Waals surface area contributed by atoms with Gasteiger partial charge < -0.3 is 0 Å². The standard InChI is InChI=1S/C59H74N4O4S4/c1-55(2,60-21-29-68-30-22-60)51(64)43-13-9-41(10-14-43)39-59(40-42-11-15-44(16-12-42)52(65)56(3,4)61-23-31-69-32-24-61)49-37-45(53(66)57(5,6)62-25-33-70-34-26-62)17-19-47(49)48-20-18-46(38-50(48)59)54(67)58(7,8)63-27-35-71-36-28-63/h9-20,37-38H,21-36,39-40H2,1-8H3. The fraction of sp³-hybridized carbons (Fsp3) is 0.525. The van der Waals surface area contributed by atoms with Crippen LogP contribution in [0.4, 0.5) is 0 Å². The average Bonchev–Trinajstić information content (AvgIpc) is 3.66. The first-order valence-electron chi connectivity index (χ1n) is 25.8. The predicted molar refractivity (Wildman–Crippen MR) is 302 cm³/mol. The first-order chi connectivity index (χ1) is 33.9. The van der Waals surface area contributed by atoms with Crippen LogP contribution in [-0.4, -0.2) is 163 Å². The molecule has 71 heavy (non-hydrogen) atoms. The Morgan fingerprint density at radius 1 is 0.380 bits per heavy atom. The molecule has 378 valence electrons. The van der Waals surface area contributed by atoms with Gasteiger partial charge in [0.1, 0.15) is 0 Å². The monoisotopic (exact) mass is 1030 g/mol. The summed E-state index contributed by atoms with van der Waals surface area (Å²) in [5.74, 6) is 8.58. The van der Waals surface area contributed by atoms with Crippen LogP contribution >= 0.6 is 47.0 Å². The van der Waals surface area contributed by atoms with E-state index in [2.05, 4.69) is 124 Å². The summed E-state index contributed by atoms with van der Waals surface area (Å²) >= 11 is 7.77. The maximum atomic E-state index is 15.0. The third kappa shape index (κ3) is 10.3. The van der Waals surface area contributed by atoms with Crippen LogP contribution < -0.4 is 0 Å². The number of hydrogen-bond acceptors (Lipinski definition) is 12. The van der Waals surface area contributed by atoms with Crippen molar-refractivity contribution in [3.8, 4) is 11.1 Å². The minimum Gasteiger partial charge on any atom is -0.292 e. The van der Waals surface area contributed by atoms with Gasteiger partial charge in [-0.2, -0.15) is 47.0 Å². The Bertz CT molecular complexity index is 2440. The van der Waals surface area contributed by atoms with Crippen LogP contribution in [0.3, 0.4) is 0 Å². The Morgan fingerprint density at radius 3 is 0.887 bits per heavy atom. The molecule has 4 fully saturated rings. The fourth-order valence-corrected chi connectivity index (χ4v) is 15.6. The van der Waals surface area contributed by atoms with Crippen LogP contribution in [0.25, 0.3) is 11.1 Å². The number of carbonyl (C=O) groups excluding carboxylic acids is 4. The van der Waals surface area contributed by atoms with Gasteiger partial charge >= 0.3 is 0 Å². The van der Waals surface area contributed by atoms with Gasteiger partial charge in [0.15, 0.2) is 23.1 Å². The van der Waals surface area contributed by atoms with Crippen molar-refractivity contribution in [2.45, 2.75) is 95.8 Å². The highest BCUT2D eigenvalue weighted by Crippen LogP contribution is 2.53. The summed E-state index contributed by atoms with van der Waals surface area (Å²) in [6, 6.07) is 29.2. The second-order valence-corrected chi connectivity index (χ2v) is 27.2. The largest absolute Gasteiger partial charge is 0.292 e. The Balaban J connectivity index is 1.17. The van der Waals surface area contributed by atoms with Gasteiger partial charge in [-0.25, -0.2) is 0 Å². The van der Waals surface area contributed by atoms with Crippen molar-refractivity contribution in [3.05, 3.63) is 129 Å². The van der Waals surface area contributed by atoms with Crippen LogP contribution in [0.2, 0.25) is 0 Å². The van der Waals surface area contributed by atoms with Crippen molar-refractivity contribution >= 4 is 70.2 Å². The van der Waals surface area contributed by atoms with Crippen molar-refractivity contribution in [3.63, 3.8) is 0 Å². The maximum Gasteiger partial charge on any atom is 0.182 e. The number of benzene rings is 4. The zero-order chi connectivity index (χ0) is 50.3. The molecule has 0 bridgehead atoms. The van der Waals surface area contributed by atoms with E-state index in [4.69, 9.17) is 0 Å². The van der Waals surface area contributed by atoms with Gasteiger partial charge in [-0.1, -0.05) is 72.8 Å². The molecular weight excluding hydrogens is 957 g/mol. The molecule has 4 aliphatic heterocycles. The molecule has 5 aliphatic rings. The third-order valence-electron chi connectivity index (χ3n) is 16.8. The molecule has 12 heteroatoms. The lowest BCUT2D eigenvalue weighted by atomic mass is 9.68. The Kier molecular flexibility index (Phi) is 15.7. The lowest BCUT2D eigenvalue weighted by Gasteiger charge is -2.40. The van der Waals surface area contributed by atoms with Crippen molar-refractivity contribution in [1.82, 2.24) is 19.6 Å². The first kappa shape index (κ1) is 52.7. The Hall–Kier alpha value is -3.20. The highest BCUT2D eigenvalue weighted by atomic mass is 32.2. The molecule has 9 rings (SSSR count). The van der Waals surface area contributed by atoms with E-state index in [1.165, 1.54) is 0 Å². The first-order valence-corrected chi connectivity index (χ1v) is 30.5. The molecule has 0 spiro atoms. The second-order valence-electron chi connectivity index (χ2n) is 22.3. The molecule has 0 N–H and O–H groups in total. The van der Waals surface area contributed by atoms with Crippen LogP contribution in [0.5, 0.6) is 0 Å². The van der Waals surface area contributed by atoms with Crippen LogP contribution in [0.1, 0.15) is 119 Å². The number of rotatable bonds is 16. The quantitative estimate of drug-likeness (QED) is 0.100. The highest BCUT2D eigenvalue weighted by Gasteiger charge is 2.47. The summed E-state index contributed by atoms with van der Waals surface area (Å²) in [5, 5.41) is 0. The minimum absolute atomic E-state index is 0.102. The molecule has 0 saturated carbocycles. The van der Waals surface area contributed by atoms with E-state index < -0.39 is 27.6 Å². The number of Topliss-reactive ketones (excluding diaryl/α,β-unsaturated/α-hetero) is 4. The SMILES string of the molecule is CC(C)(C(=O)c1ccc(CC2(Cc3ccc(C(=O)C(C)(C)N4CCSCC4)cc3)c3cc(C(=O)C(C)(C)N4CCSCC4)ccc3-c3ccc(C(=O)C(C)(C)N4CCSCC4)cc32)cc1)N1CCSCC1.